The zero-order valence-corrected chi connectivity index (χ0v) is 8.22. The first-order valence-corrected chi connectivity index (χ1v) is 4.19. The van der Waals surface area contributed by atoms with E-state index in [9.17, 15) is 18.0 Å². The molecule has 1 amide bonds. The molecule has 0 spiro atoms. The third-order valence-corrected chi connectivity index (χ3v) is 2.06. The number of nitrogens with two attached hydrogens (primary N) is 1. The minimum absolute atomic E-state index is 0.139. The molecule has 0 radical (unpaired) electrons. The molecule has 0 aliphatic rings. The van der Waals surface area contributed by atoms with E-state index in [4.69, 9.17) is 11.0 Å². The first kappa shape index (κ1) is 12.0. The van der Waals surface area contributed by atoms with Gasteiger partial charge in [0.15, 0.2) is 0 Å². The minimum atomic E-state index is -4.55. The molecule has 0 saturated heterocycles. The predicted molar refractivity (Wildman–Crippen MR) is 49.4 cm³/mol. The number of benzene rings is 1. The summed E-state index contributed by atoms with van der Waals surface area (Å²) >= 11 is 0. The van der Waals surface area contributed by atoms with Crippen molar-refractivity contribution in [2.75, 3.05) is 0 Å². The van der Waals surface area contributed by atoms with Gasteiger partial charge < -0.3 is 5.73 Å². The van der Waals surface area contributed by atoms with Gasteiger partial charge in [-0.05, 0) is 24.6 Å². The zero-order valence-electron chi connectivity index (χ0n) is 8.22. The van der Waals surface area contributed by atoms with Gasteiger partial charge in [0.25, 0.3) is 0 Å². The predicted octanol–water partition coefficient (Wildman–Crippen LogP) is 1.98. The molecule has 2 N–H and O–H groups in total. The molecular formula is C10H7F3N2O. The van der Waals surface area contributed by atoms with Crippen LogP contribution in [-0.2, 0) is 6.18 Å². The van der Waals surface area contributed by atoms with Gasteiger partial charge in [0.05, 0.1) is 22.8 Å². The molecule has 6 heteroatoms. The Labute approximate surface area is 89.3 Å². The number of primary amides is 1. The highest BCUT2D eigenvalue weighted by atomic mass is 19.4. The van der Waals surface area contributed by atoms with Crippen LogP contribution in [0.2, 0.25) is 0 Å². The van der Waals surface area contributed by atoms with Crippen LogP contribution in [0, 0.1) is 18.3 Å². The average molecular weight is 228 g/mol. The monoisotopic (exact) mass is 228 g/mol. The zero-order chi connectivity index (χ0) is 12.5. The Morgan fingerprint density at radius 2 is 2.00 bits per heavy atom. The first-order chi connectivity index (χ1) is 7.27. The third kappa shape index (κ3) is 2.14. The van der Waals surface area contributed by atoms with Crippen molar-refractivity contribution in [2.24, 2.45) is 5.73 Å². The molecule has 1 aromatic carbocycles. The molecule has 84 valence electrons. The van der Waals surface area contributed by atoms with Crippen molar-refractivity contribution in [3.63, 3.8) is 0 Å². The van der Waals surface area contributed by atoms with E-state index in [1.54, 1.807) is 0 Å². The SMILES string of the molecule is Cc1cc(C(N)=O)c(C#N)cc1C(F)(F)F. The largest absolute Gasteiger partial charge is 0.416 e. The molecule has 0 heterocycles. The number of carbonyl (C=O) groups excluding carboxylic acids is 1. The van der Waals surface area contributed by atoms with Crippen LogP contribution in [0.4, 0.5) is 13.2 Å². The number of hydrogen-bond donors (Lipinski definition) is 1. The van der Waals surface area contributed by atoms with E-state index >= 15 is 0 Å². The van der Waals surface area contributed by atoms with Crippen LogP contribution in [0.15, 0.2) is 12.1 Å². The Bertz CT molecular complexity index is 486. The van der Waals surface area contributed by atoms with Crippen molar-refractivity contribution < 1.29 is 18.0 Å². The molecule has 0 fully saturated rings. The van der Waals surface area contributed by atoms with Gasteiger partial charge in [0.2, 0.25) is 5.91 Å². The molecule has 0 aliphatic heterocycles. The molecule has 0 bridgehead atoms. The summed E-state index contributed by atoms with van der Waals surface area (Å²) < 4.78 is 37.4. The van der Waals surface area contributed by atoms with Crippen LogP contribution >= 0.6 is 0 Å². The van der Waals surface area contributed by atoms with Crippen molar-refractivity contribution in [1.82, 2.24) is 0 Å². The van der Waals surface area contributed by atoms with E-state index in [1.807, 2.05) is 0 Å². The molecule has 0 atom stereocenters. The Morgan fingerprint density at radius 3 is 2.38 bits per heavy atom. The summed E-state index contributed by atoms with van der Waals surface area (Å²) in [6, 6.07) is 3.13. The fourth-order valence-corrected chi connectivity index (χ4v) is 1.31. The molecule has 0 saturated carbocycles. The Hall–Kier alpha value is -2.03. The summed E-state index contributed by atoms with van der Waals surface area (Å²) in [4.78, 5) is 10.9. The third-order valence-electron chi connectivity index (χ3n) is 2.06. The normalized spacial score (nSPS) is 10.9. The molecule has 0 aromatic heterocycles. The average Bonchev–Trinajstić information content (AvgIpc) is 2.15. The smallest absolute Gasteiger partial charge is 0.366 e. The summed E-state index contributed by atoms with van der Waals surface area (Å²) in [5.41, 5.74) is 3.30. The van der Waals surface area contributed by atoms with Crippen LogP contribution in [0.3, 0.4) is 0 Å². The number of halogens is 3. The van der Waals surface area contributed by atoms with E-state index < -0.39 is 17.6 Å². The fourth-order valence-electron chi connectivity index (χ4n) is 1.31. The highest BCUT2D eigenvalue weighted by molar-refractivity contribution is 5.95. The quantitative estimate of drug-likeness (QED) is 0.798. The first-order valence-electron chi connectivity index (χ1n) is 4.19. The maximum absolute atomic E-state index is 12.5. The molecule has 1 aromatic rings. The van der Waals surface area contributed by atoms with Crippen molar-refractivity contribution in [1.29, 1.82) is 5.26 Å². The second-order valence-electron chi connectivity index (χ2n) is 3.19. The topological polar surface area (TPSA) is 66.9 Å². The number of alkyl halides is 3. The van der Waals surface area contributed by atoms with Gasteiger partial charge in [0, 0.05) is 0 Å². The maximum atomic E-state index is 12.5. The minimum Gasteiger partial charge on any atom is -0.366 e. The van der Waals surface area contributed by atoms with E-state index in [2.05, 4.69) is 0 Å². The molecular weight excluding hydrogens is 221 g/mol. The van der Waals surface area contributed by atoms with Crippen molar-refractivity contribution in [3.05, 3.63) is 34.4 Å². The lowest BCUT2D eigenvalue weighted by atomic mass is 9.99. The van der Waals surface area contributed by atoms with E-state index in [1.165, 1.54) is 13.0 Å². The number of hydrogen-bond acceptors (Lipinski definition) is 2. The van der Waals surface area contributed by atoms with Crippen molar-refractivity contribution >= 4 is 5.91 Å². The van der Waals surface area contributed by atoms with Crippen LogP contribution in [-0.4, -0.2) is 5.91 Å². The molecule has 0 unspecified atom stereocenters. The maximum Gasteiger partial charge on any atom is 0.416 e. The van der Waals surface area contributed by atoms with Gasteiger partial charge in [-0.2, -0.15) is 18.4 Å². The summed E-state index contributed by atoms with van der Waals surface area (Å²) in [5.74, 6) is -0.923. The van der Waals surface area contributed by atoms with Gasteiger partial charge in [-0.1, -0.05) is 0 Å². The van der Waals surface area contributed by atoms with Crippen LogP contribution < -0.4 is 5.73 Å². The molecule has 3 nitrogen and oxygen atoms in total. The molecule has 0 aliphatic carbocycles. The lowest BCUT2D eigenvalue weighted by Gasteiger charge is -2.11. The molecule has 16 heavy (non-hydrogen) atoms. The van der Waals surface area contributed by atoms with E-state index in [-0.39, 0.29) is 16.7 Å². The van der Waals surface area contributed by atoms with Crippen molar-refractivity contribution in [3.8, 4) is 6.07 Å². The standard InChI is InChI=1S/C10H7F3N2O/c1-5-2-7(9(15)16)6(4-14)3-8(5)10(11,12)13/h2-3H,1H3,(H2,15,16). The Balaban J connectivity index is 3.51. The summed E-state index contributed by atoms with van der Waals surface area (Å²) in [6.45, 7) is 1.20. The highest BCUT2D eigenvalue weighted by Gasteiger charge is 2.33. The Morgan fingerprint density at radius 1 is 1.44 bits per heavy atom. The van der Waals surface area contributed by atoms with Gasteiger partial charge in [0.1, 0.15) is 0 Å². The lowest BCUT2D eigenvalue weighted by molar-refractivity contribution is -0.138. The number of nitrogens with zero attached hydrogens (tertiary/aromatic N) is 1. The number of rotatable bonds is 1. The van der Waals surface area contributed by atoms with Gasteiger partial charge in [-0.25, -0.2) is 0 Å². The van der Waals surface area contributed by atoms with Crippen LogP contribution in [0.1, 0.15) is 27.0 Å². The van der Waals surface area contributed by atoms with Gasteiger partial charge in [-0.15, -0.1) is 0 Å². The number of aryl methyl sites for hydroxylation is 1. The second kappa shape index (κ2) is 3.85. The highest BCUT2D eigenvalue weighted by Crippen LogP contribution is 2.33. The number of nitriles is 1. The number of amides is 1. The summed E-state index contributed by atoms with van der Waals surface area (Å²) in [7, 11) is 0. The molecule has 1 rings (SSSR count). The van der Waals surface area contributed by atoms with Crippen LogP contribution in [0.5, 0.6) is 0 Å². The lowest BCUT2D eigenvalue weighted by Crippen LogP contribution is -2.16. The van der Waals surface area contributed by atoms with Crippen LogP contribution in [0.25, 0.3) is 0 Å². The van der Waals surface area contributed by atoms with Gasteiger partial charge >= 0.3 is 6.18 Å². The number of carbonyl (C=O) groups is 1. The van der Waals surface area contributed by atoms with Gasteiger partial charge in [-0.3, -0.25) is 4.79 Å². The van der Waals surface area contributed by atoms with E-state index in [0.717, 1.165) is 6.07 Å². The van der Waals surface area contributed by atoms with Crippen molar-refractivity contribution in [2.45, 2.75) is 13.1 Å². The fraction of sp³-hybridized carbons (Fsp3) is 0.200. The summed E-state index contributed by atoms with van der Waals surface area (Å²) in [6.07, 6.45) is -4.55. The Kier molecular flexibility index (Phi) is 2.90. The second-order valence-corrected chi connectivity index (χ2v) is 3.19. The van der Waals surface area contributed by atoms with E-state index in [0.29, 0.717) is 6.07 Å². The summed E-state index contributed by atoms with van der Waals surface area (Å²) in [5, 5.41) is 8.62.